The molecule has 2 rings (SSSR count). The van der Waals surface area contributed by atoms with Gasteiger partial charge in [0.1, 0.15) is 11.6 Å². The van der Waals surface area contributed by atoms with Gasteiger partial charge in [-0.05, 0) is 53.4 Å². The van der Waals surface area contributed by atoms with Gasteiger partial charge in [0.2, 0.25) is 0 Å². The Morgan fingerprint density at radius 1 is 1.23 bits per heavy atom. The Balaban J connectivity index is 2.58. The minimum atomic E-state index is -0.832. The van der Waals surface area contributed by atoms with Gasteiger partial charge in [-0.3, -0.25) is 4.79 Å². The number of aryl methyl sites for hydroxylation is 1. The van der Waals surface area contributed by atoms with Crippen molar-refractivity contribution in [3.05, 3.63) is 76.4 Å². The van der Waals surface area contributed by atoms with Crippen LogP contribution in [0.2, 0.25) is 0 Å². The molecule has 114 valence electrons. The predicted molar refractivity (Wildman–Crippen MR) is 83.7 cm³/mol. The first kappa shape index (κ1) is 15.9. The molecule has 0 bridgehead atoms. The Bertz CT molecular complexity index is 733. The number of rotatable bonds is 4. The molecule has 0 saturated carbocycles. The lowest BCUT2D eigenvalue weighted by molar-refractivity contribution is 0.0996. The van der Waals surface area contributed by atoms with Gasteiger partial charge in [0.25, 0.3) is 5.91 Å². The van der Waals surface area contributed by atoms with Crippen LogP contribution in [-0.4, -0.2) is 5.91 Å². The van der Waals surface area contributed by atoms with Crippen LogP contribution in [0, 0.1) is 18.6 Å². The zero-order valence-corrected chi connectivity index (χ0v) is 12.5. The SMILES string of the molecule is C=Cc1cc(C(N)=O)c(F)cc1C(C)c1cc(C)cc(F)c1. The van der Waals surface area contributed by atoms with Crippen molar-refractivity contribution < 1.29 is 13.6 Å². The first-order chi connectivity index (χ1) is 10.3. The number of carbonyl (C=O) groups excluding carboxylic acids is 1. The van der Waals surface area contributed by atoms with Crippen LogP contribution in [-0.2, 0) is 0 Å². The van der Waals surface area contributed by atoms with Crippen LogP contribution in [0.25, 0.3) is 6.08 Å². The number of hydrogen-bond acceptors (Lipinski definition) is 1. The Hall–Kier alpha value is -2.49. The number of amides is 1. The highest BCUT2D eigenvalue weighted by molar-refractivity contribution is 5.93. The molecule has 0 aromatic heterocycles. The lowest BCUT2D eigenvalue weighted by Gasteiger charge is -2.17. The molecule has 2 N–H and O–H groups in total. The van der Waals surface area contributed by atoms with Gasteiger partial charge < -0.3 is 5.73 Å². The highest BCUT2D eigenvalue weighted by Crippen LogP contribution is 2.30. The Morgan fingerprint density at radius 3 is 2.45 bits per heavy atom. The van der Waals surface area contributed by atoms with Crippen LogP contribution < -0.4 is 5.73 Å². The zero-order valence-electron chi connectivity index (χ0n) is 12.5. The normalized spacial score (nSPS) is 12.0. The summed E-state index contributed by atoms with van der Waals surface area (Å²) in [4.78, 5) is 11.2. The quantitative estimate of drug-likeness (QED) is 0.905. The standard InChI is InChI=1S/C18H17F2NO/c1-4-12-8-16(18(21)22)17(20)9-15(12)11(3)13-5-10(2)6-14(19)7-13/h4-9,11H,1H2,2-3H3,(H2,21,22). The minimum absolute atomic E-state index is 0.179. The fourth-order valence-corrected chi connectivity index (χ4v) is 2.54. The molecule has 2 nitrogen and oxygen atoms in total. The van der Waals surface area contributed by atoms with Gasteiger partial charge in [-0.1, -0.05) is 25.6 Å². The molecule has 0 aliphatic rings. The van der Waals surface area contributed by atoms with Gasteiger partial charge in [0.05, 0.1) is 5.56 Å². The summed E-state index contributed by atoms with van der Waals surface area (Å²) in [5.41, 5.74) is 7.72. The largest absolute Gasteiger partial charge is 0.366 e. The zero-order chi connectivity index (χ0) is 16.4. The van der Waals surface area contributed by atoms with Crippen molar-refractivity contribution in [1.82, 2.24) is 0 Å². The van der Waals surface area contributed by atoms with Gasteiger partial charge in [-0.15, -0.1) is 0 Å². The molecule has 0 radical (unpaired) electrons. The summed E-state index contributed by atoms with van der Waals surface area (Å²) < 4.78 is 27.6. The molecule has 22 heavy (non-hydrogen) atoms. The first-order valence-electron chi connectivity index (χ1n) is 6.86. The van der Waals surface area contributed by atoms with E-state index in [4.69, 9.17) is 5.73 Å². The molecular formula is C18H17F2NO. The van der Waals surface area contributed by atoms with E-state index in [1.807, 2.05) is 13.0 Å². The Morgan fingerprint density at radius 2 is 1.91 bits per heavy atom. The lowest BCUT2D eigenvalue weighted by atomic mass is 9.87. The molecule has 0 aliphatic heterocycles. The van der Waals surface area contributed by atoms with Gasteiger partial charge in [0, 0.05) is 5.92 Å². The maximum Gasteiger partial charge on any atom is 0.251 e. The molecule has 0 saturated heterocycles. The summed E-state index contributed by atoms with van der Waals surface area (Å²) in [6, 6.07) is 7.34. The van der Waals surface area contributed by atoms with Crippen molar-refractivity contribution in [1.29, 1.82) is 0 Å². The van der Waals surface area contributed by atoms with Crippen LogP contribution in [0.5, 0.6) is 0 Å². The number of nitrogens with two attached hydrogens (primary N) is 1. The van der Waals surface area contributed by atoms with Gasteiger partial charge >= 0.3 is 0 Å². The maximum atomic E-state index is 14.0. The van der Waals surface area contributed by atoms with Gasteiger partial charge in [0.15, 0.2) is 0 Å². The summed E-state index contributed by atoms with van der Waals surface area (Å²) in [6.45, 7) is 7.33. The predicted octanol–water partition coefficient (Wildman–Crippen LogP) is 4.17. The summed E-state index contributed by atoms with van der Waals surface area (Å²) in [5, 5.41) is 0. The second-order valence-corrected chi connectivity index (χ2v) is 5.31. The minimum Gasteiger partial charge on any atom is -0.366 e. The number of primary amides is 1. The van der Waals surface area contributed by atoms with E-state index in [9.17, 15) is 13.6 Å². The van der Waals surface area contributed by atoms with Crippen molar-refractivity contribution in [2.24, 2.45) is 5.73 Å². The molecule has 0 fully saturated rings. The van der Waals surface area contributed by atoms with Crippen molar-refractivity contribution >= 4 is 12.0 Å². The topological polar surface area (TPSA) is 43.1 Å². The van der Waals surface area contributed by atoms with E-state index in [2.05, 4.69) is 6.58 Å². The van der Waals surface area contributed by atoms with E-state index in [0.717, 1.165) is 11.1 Å². The van der Waals surface area contributed by atoms with Crippen molar-refractivity contribution in [2.45, 2.75) is 19.8 Å². The molecule has 4 heteroatoms. The van der Waals surface area contributed by atoms with E-state index in [0.29, 0.717) is 11.1 Å². The molecule has 2 aromatic carbocycles. The van der Waals surface area contributed by atoms with E-state index < -0.39 is 11.7 Å². The van der Waals surface area contributed by atoms with Crippen LogP contribution in [0.1, 0.15) is 45.5 Å². The van der Waals surface area contributed by atoms with E-state index in [1.165, 1.54) is 30.3 Å². The Labute approximate surface area is 128 Å². The first-order valence-corrected chi connectivity index (χ1v) is 6.86. The third-order valence-corrected chi connectivity index (χ3v) is 3.69. The monoisotopic (exact) mass is 301 g/mol. The summed E-state index contributed by atoms with van der Waals surface area (Å²) in [6.07, 6.45) is 1.53. The summed E-state index contributed by atoms with van der Waals surface area (Å²) in [5.74, 6) is -2.11. The van der Waals surface area contributed by atoms with E-state index >= 15 is 0 Å². The average Bonchev–Trinajstić information content (AvgIpc) is 2.44. The second-order valence-electron chi connectivity index (χ2n) is 5.31. The van der Waals surface area contributed by atoms with Crippen LogP contribution in [0.15, 0.2) is 36.9 Å². The van der Waals surface area contributed by atoms with E-state index in [1.54, 1.807) is 6.92 Å². The molecule has 0 heterocycles. The smallest absolute Gasteiger partial charge is 0.251 e. The third-order valence-electron chi connectivity index (χ3n) is 3.69. The van der Waals surface area contributed by atoms with Crippen molar-refractivity contribution in [3.63, 3.8) is 0 Å². The van der Waals surface area contributed by atoms with Crippen LogP contribution >= 0.6 is 0 Å². The number of halogens is 2. The van der Waals surface area contributed by atoms with Crippen molar-refractivity contribution in [3.8, 4) is 0 Å². The molecule has 1 unspecified atom stereocenters. The maximum absolute atomic E-state index is 14.0. The lowest BCUT2D eigenvalue weighted by Crippen LogP contribution is -2.14. The van der Waals surface area contributed by atoms with E-state index in [-0.39, 0.29) is 17.3 Å². The van der Waals surface area contributed by atoms with Gasteiger partial charge in [-0.25, -0.2) is 8.78 Å². The highest BCUT2D eigenvalue weighted by Gasteiger charge is 2.18. The fraction of sp³-hybridized carbons (Fsp3) is 0.167. The van der Waals surface area contributed by atoms with Crippen LogP contribution in [0.4, 0.5) is 8.78 Å². The molecule has 2 aromatic rings. The summed E-state index contributed by atoms with van der Waals surface area (Å²) in [7, 11) is 0. The van der Waals surface area contributed by atoms with Crippen LogP contribution in [0.3, 0.4) is 0 Å². The number of carbonyl (C=O) groups is 1. The van der Waals surface area contributed by atoms with Gasteiger partial charge in [-0.2, -0.15) is 0 Å². The molecule has 0 spiro atoms. The molecule has 1 amide bonds. The summed E-state index contributed by atoms with van der Waals surface area (Å²) >= 11 is 0. The highest BCUT2D eigenvalue weighted by atomic mass is 19.1. The molecule has 0 aliphatic carbocycles. The average molecular weight is 301 g/mol. The van der Waals surface area contributed by atoms with Crippen molar-refractivity contribution in [2.75, 3.05) is 0 Å². The molecular weight excluding hydrogens is 284 g/mol. The third kappa shape index (κ3) is 3.06. The number of benzene rings is 2. The molecule has 1 atom stereocenters. The Kier molecular flexibility index (Phi) is 4.40. The fourth-order valence-electron chi connectivity index (χ4n) is 2.54. The number of hydrogen-bond donors (Lipinski definition) is 1. The second kappa shape index (κ2) is 6.10.